The van der Waals surface area contributed by atoms with Gasteiger partial charge in [-0.15, -0.1) is 0 Å². The van der Waals surface area contributed by atoms with E-state index in [9.17, 15) is 0 Å². The molecule has 4 heteroatoms. The van der Waals surface area contributed by atoms with Gasteiger partial charge in [0.05, 0.1) is 23.8 Å². The molecule has 0 amide bonds. The average molecular weight is 189 g/mol. The molecule has 0 radical (unpaired) electrons. The van der Waals surface area contributed by atoms with Crippen LogP contribution in [0.3, 0.4) is 0 Å². The number of nitrogens with two attached hydrogens (primary N) is 1. The van der Waals surface area contributed by atoms with Crippen molar-refractivity contribution >= 4 is 0 Å². The zero-order chi connectivity index (χ0) is 9.97. The average Bonchev–Trinajstić information content (AvgIpc) is 2.71. The second kappa shape index (κ2) is 3.59. The van der Waals surface area contributed by atoms with E-state index >= 15 is 0 Å². The van der Waals surface area contributed by atoms with Crippen molar-refractivity contribution in [1.29, 1.82) is 0 Å². The molecule has 2 aromatic rings. The Morgan fingerprint density at radius 2 is 2.21 bits per heavy atom. The topological polar surface area (TPSA) is 64.9 Å². The van der Waals surface area contributed by atoms with Crippen LogP contribution >= 0.6 is 0 Å². The van der Waals surface area contributed by atoms with Crippen molar-refractivity contribution in [3.63, 3.8) is 0 Å². The first-order chi connectivity index (χ1) is 6.77. The number of aryl methyl sites for hydroxylation is 1. The fourth-order valence-corrected chi connectivity index (χ4v) is 1.18. The van der Waals surface area contributed by atoms with Crippen LogP contribution in [0.5, 0.6) is 0 Å². The smallest absolute Gasteiger partial charge is 0.126 e. The Labute approximate surface area is 81.8 Å². The van der Waals surface area contributed by atoms with E-state index in [2.05, 4.69) is 9.97 Å². The summed E-state index contributed by atoms with van der Waals surface area (Å²) in [5.41, 5.74) is 7.50. The lowest BCUT2D eigenvalue weighted by Crippen LogP contribution is -2.13. The van der Waals surface area contributed by atoms with Crippen LogP contribution in [0.2, 0.25) is 0 Å². The van der Waals surface area contributed by atoms with Gasteiger partial charge in [-0.25, -0.2) is 0 Å². The molecule has 2 aromatic heterocycles. The van der Waals surface area contributed by atoms with Gasteiger partial charge in [-0.3, -0.25) is 9.97 Å². The third-order valence-electron chi connectivity index (χ3n) is 1.97. The molecular formula is C10H11N3O. The third-order valence-corrected chi connectivity index (χ3v) is 1.97. The van der Waals surface area contributed by atoms with Crippen molar-refractivity contribution in [2.24, 2.45) is 5.73 Å². The summed E-state index contributed by atoms with van der Waals surface area (Å²) in [7, 11) is 0. The fraction of sp³-hybridized carbons (Fsp3) is 0.200. The molecule has 0 aliphatic carbocycles. The molecule has 0 saturated heterocycles. The van der Waals surface area contributed by atoms with Gasteiger partial charge in [-0.2, -0.15) is 0 Å². The van der Waals surface area contributed by atoms with E-state index in [4.69, 9.17) is 10.2 Å². The first-order valence-corrected chi connectivity index (χ1v) is 4.35. The molecule has 1 unspecified atom stereocenters. The van der Waals surface area contributed by atoms with E-state index in [-0.39, 0.29) is 6.04 Å². The number of furan rings is 1. The van der Waals surface area contributed by atoms with Crippen molar-refractivity contribution < 1.29 is 4.42 Å². The van der Waals surface area contributed by atoms with E-state index in [1.807, 2.05) is 13.0 Å². The zero-order valence-electron chi connectivity index (χ0n) is 7.84. The summed E-state index contributed by atoms with van der Waals surface area (Å²) < 4.78 is 5.19. The van der Waals surface area contributed by atoms with Gasteiger partial charge in [0.15, 0.2) is 0 Å². The molecule has 0 fully saturated rings. The maximum atomic E-state index is 5.91. The summed E-state index contributed by atoms with van der Waals surface area (Å²) in [5.74, 6) is 0.697. The summed E-state index contributed by atoms with van der Waals surface area (Å²) in [6, 6.07) is 3.29. The van der Waals surface area contributed by atoms with Crippen molar-refractivity contribution in [3.05, 3.63) is 47.9 Å². The van der Waals surface area contributed by atoms with E-state index in [1.165, 1.54) is 0 Å². The summed E-state index contributed by atoms with van der Waals surface area (Å²) in [6.07, 6.45) is 4.96. The van der Waals surface area contributed by atoms with Gasteiger partial charge in [0.25, 0.3) is 0 Å². The molecule has 14 heavy (non-hydrogen) atoms. The molecule has 4 nitrogen and oxygen atoms in total. The minimum atomic E-state index is -0.335. The van der Waals surface area contributed by atoms with Crippen LogP contribution in [-0.2, 0) is 0 Å². The van der Waals surface area contributed by atoms with Gasteiger partial charge in [0.1, 0.15) is 11.8 Å². The third kappa shape index (κ3) is 1.65. The largest absolute Gasteiger partial charge is 0.467 e. The van der Waals surface area contributed by atoms with Crippen LogP contribution in [0.4, 0.5) is 0 Å². The summed E-state index contributed by atoms with van der Waals surface area (Å²) in [4.78, 5) is 8.31. The molecule has 1 atom stereocenters. The quantitative estimate of drug-likeness (QED) is 0.776. The maximum Gasteiger partial charge on any atom is 0.126 e. The van der Waals surface area contributed by atoms with Crippen molar-refractivity contribution in [2.75, 3.05) is 0 Å². The van der Waals surface area contributed by atoms with E-state index in [0.717, 1.165) is 5.69 Å². The van der Waals surface area contributed by atoms with Gasteiger partial charge in [0.2, 0.25) is 0 Å². The Morgan fingerprint density at radius 1 is 1.36 bits per heavy atom. The van der Waals surface area contributed by atoms with Crippen LogP contribution in [0.25, 0.3) is 0 Å². The molecule has 0 spiro atoms. The second-order valence-electron chi connectivity index (χ2n) is 3.08. The first kappa shape index (κ1) is 8.90. The standard InChI is InChI=1S/C10H11N3O/c1-7-5-13-8(6-12-7)10(11)9-3-2-4-14-9/h2-6,10H,11H2,1H3. The highest BCUT2D eigenvalue weighted by Gasteiger charge is 2.12. The minimum absolute atomic E-state index is 0.335. The molecule has 0 aliphatic heterocycles. The Bertz CT molecular complexity index is 394. The number of hydrogen-bond donors (Lipinski definition) is 1. The predicted molar refractivity (Wildman–Crippen MR) is 51.5 cm³/mol. The van der Waals surface area contributed by atoms with Crippen LogP contribution in [0.1, 0.15) is 23.2 Å². The van der Waals surface area contributed by atoms with Crippen LogP contribution in [-0.4, -0.2) is 9.97 Å². The van der Waals surface area contributed by atoms with E-state index < -0.39 is 0 Å². The SMILES string of the molecule is Cc1cnc(C(N)c2ccco2)cn1. The molecule has 2 N–H and O–H groups in total. The lowest BCUT2D eigenvalue weighted by Gasteiger charge is -2.06. The highest BCUT2D eigenvalue weighted by molar-refractivity contribution is 5.17. The zero-order valence-corrected chi connectivity index (χ0v) is 7.84. The number of hydrogen-bond acceptors (Lipinski definition) is 4. The predicted octanol–water partition coefficient (Wildman–Crippen LogP) is 1.43. The highest BCUT2D eigenvalue weighted by Crippen LogP contribution is 2.16. The maximum absolute atomic E-state index is 5.91. The molecule has 72 valence electrons. The van der Waals surface area contributed by atoms with E-state index in [0.29, 0.717) is 11.5 Å². The molecule has 2 heterocycles. The lowest BCUT2D eigenvalue weighted by atomic mass is 10.2. The summed E-state index contributed by atoms with van der Waals surface area (Å²) in [6.45, 7) is 1.88. The van der Waals surface area contributed by atoms with Crippen LogP contribution < -0.4 is 5.73 Å². The van der Waals surface area contributed by atoms with E-state index in [1.54, 1.807) is 24.7 Å². The highest BCUT2D eigenvalue weighted by atomic mass is 16.3. The van der Waals surface area contributed by atoms with Crippen molar-refractivity contribution in [2.45, 2.75) is 13.0 Å². The lowest BCUT2D eigenvalue weighted by molar-refractivity contribution is 0.486. The molecule has 0 aliphatic rings. The number of nitrogens with zero attached hydrogens (tertiary/aromatic N) is 2. The second-order valence-corrected chi connectivity index (χ2v) is 3.08. The first-order valence-electron chi connectivity index (χ1n) is 4.35. The number of aromatic nitrogens is 2. The minimum Gasteiger partial charge on any atom is -0.467 e. The number of rotatable bonds is 2. The van der Waals surface area contributed by atoms with Crippen molar-refractivity contribution in [3.8, 4) is 0 Å². The summed E-state index contributed by atoms with van der Waals surface area (Å²) in [5, 5.41) is 0. The molecule has 0 aromatic carbocycles. The van der Waals surface area contributed by atoms with Gasteiger partial charge < -0.3 is 10.2 Å². The molecule has 0 saturated carbocycles. The Balaban J connectivity index is 2.28. The Kier molecular flexibility index (Phi) is 2.28. The van der Waals surface area contributed by atoms with Gasteiger partial charge in [-0.05, 0) is 19.1 Å². The molecule has 0 bridgehead atoms. The fourth-order valence-electron chi connectivity index (χ4n) is 1.18. The van der Waals surface area contributed by atoms with Crippen LogP contribution in [0.15, 0.2) is 35.2 Å². The van der Waals surface area contributed by atoms with Gasteiger partial charge in [0, 0.05) is 6.20 Å². The van der Waals surface area contributed by atoms with Crippen molar-refractivity contribution in [1.82, 2.24) is 9.97 Å². The Hall–Kier alpha value is -1.68. The Morgan fingerprint density at radius 3 is 2.79 bits per heavy atom. The summed E-state index contributed by atoms with van der Waals surface area (Å²) >= 11 is 0. The van der Waals surface area contributed by atoms with Crippen LogP contribution in [0, 0.1) is 6.92 Å². The molecule has 2 rings (SSSR count). The van der Waals surface area contributed by atoms with Gasteiger partial charge in [-0.1, -0.05) is 0 Å². The molecular weight excluding hydrogens is 178 g/mol. The monoisotopic (exact) mass is 189 g/mol. The normalized spacial score (nSPS) is 12.7. The van der Waals surface area contributed by atoms with Gasteiger partial charge >= 0.3 is 0 Å².